The minimum absolute atomic E-state index is 0.123. The summed E-state index contributed by atoms with van der Waals surface area (Å²) in [5.41, 5.74) is 1.45. The van der Waals surface area contributed by atoms with E-state index in [-0.39, 0.29) is 23.8 Å². The summed E-state index contributed by atoms with van der Waals surface area (Å²) in [6, 6.07) is 7.04. The number of carboxylic acids is 1. The Morgan fingerprint density at radius 1 is 1.29 bits per heavy atom. The lowest BCUT2D eigenvalue weighted by molar-refractivity contribution is -0.136. The summed E-state index contributed by atoms with van der Waals surface area (Å²) in [7, 11) is 0. The molecular weight excluding hydrogens is 310 g/mol. The van der Waals surface area contributed by atoms with Gasteiger partial charge >= 0.3 is 5.97 Å². The van der Waals surface area contributed by atoms with Crippen molar-refractivity contribution in [1.82, 2.24) is 0 Å². The zero-order valence-electron chi connectivity index (χ0n) is 14.0. The van der Waals surface area contributed by atoms with E-state index in [2.05, 4.69) is 5.32 Å². The number of carbonyl (C=O) groups is 2. The first-order valence-corrected chi connectivity index (χ1v) is 7.77. The Bertz CT molecular complexity index is 718. The van der Waals surface area contributed by atoms with E-state index >= 15 is 0 Å². The summed E-state index contributed by atoms with van der Waals surface area (Å²) in [5.74, 6) is -0.569. The Balaban J connectivity index is 2.10. The molecular formula is C18H21NO5. The highest BCUT2D eigenvalue weighted by Crippen LogP contribution is 2.21. The van der Waals surface area contributed by atoms with Gasteiger partial charge in [-0.1, -0.05) is 6.92 Å². The molecule has 1 aromatic carbocycles. The largest absolute Gasteiger partial charge is 0.491 e. The Hall–Kier alpha value is -2.76. The van der Waals surface area contributed by atoms with Gasteiger partial charge in [0.1, 0.15) is 17.9 Å². The molecule has 0 saturated heterocycles. The molecule has 2 aromatic rings. The average molecular weight is 331 g/mol. The zero-order valence-corrected chi connectivity index (χ0v) is 14.0. The monoisotopic (exact) mass is 331 g/mol. The van der Waals surface area contributed by atoms with Gasteiger partial charge in [-0.2, -0.15) is 0 Å². The standard InChI is InChI=1S/C18H21NO5/c1-4-12(3)24-14-7-5-13(6-8-14)19-18(22)17-11(2)10-23-15(17)9-16(20)21/h5-8,10,12H,4,9H2,1-3H3,(H,19,22)(H,20,21). The molecule has 0 radical (unpaired) electrons. The molecule has 6 heteroatoms. The van der Waals surface area contributed by atoms with Gasteiger partial charge in [0, 0.05) is 11.3 Å². The number of rotatable bonds is 7. The molecule has 0 aliphatic rings. The van der Waals surface area contributed by atoms with Crippen molar-refractivity contribution in [2.24, 2.45) is 0 Å². The van der Waals surface area contributed by atoms with Crippen molar-refractivity contribution in [1.29, 1.82) is 0 Å². The van der Waals surface area contributed by atoms with Crippen LogP contribution in [-0.2, 0) is 11.2 Å². The van der Waals surface area contributed by atoms with Crippen molar-refractivity contribution in [2.75, 3.05) is 5.32 Å². The minimum Gasteiger partial charge on any atom is -0.491 e. The maximum absolute atomic E-state index is 12.4. The number of benzene rings is 1. The fourth-order valence-corrected chi connectivity index (χ4v) is 2.20. The molecule has 1 aromatic heterocycles. The number of anilines is 1. The number of aliphatic carboxylic acids is 1. The van der Waals surface area contributed by atoms with Gasteiger partial charge in [-0.25, -0.2) is 0 Å². The summed E-state index contributed by atoms with van der Waals surface area (Å²) in [6.45, 7) is 5.73. The molecule has 1 amide bonds. The van der Waals surface area contributed by atoms with Crippen molar-refractivity contribution >= 4 is 17.6 Å². The number of nitrogens with one attached hydrogen (secondary N) is 1. The number of carboxylic acid groups (broad SMARTS) is 1. The average Bonchev–Trinajstić information content (AvgIpc) is 2.89. The Morgan fingerprint density at radius 2 is 1.96 bits per heavy atom. The Labute approximate surface area is 140 Å². The van der Waals surface area contributed by atoms with E-state index in [4.69, 9.17) is 14.3 Å². The third kappa shape index (κ3) is 4.38. The smallest absolute Gasteiger partial charge is 0.311 e. The fourth-order valence-electron chi connectivity index (χ4n) is 2.20. The molecule has 0 fully saturated rings. The molecule has 0 spiro atoms. The van der Waals surface area contributed by atoms with Crippen LogP contribution in [0.5, 0.6) is 5.75 Å². The van der Waals surface area contributed by atoms with Crippen molar-refractivity contribution in [3.63, 3.8) is 0 Å². The molecule has 2 rings (SSSR count). The highest BCUT2D eigenvalue weighted by Gasteiger charge is 2.20. The van der Waals surface area contributed by atoms with Gasteiger partial charge in [-0.05, 0) is 44.5 Å². The second kappa shape index (κ2) is 7.68. The lowest BCUT2D eigenvalue weighted by atomic mass is 10.1. The van der Waals surface area contributed by atoms with E-state index in [1.54, 1.807) is 31.2 Å². The van der Waals surface area contributed by atoms with Crippen LogP contribution in [0, 0.1) is 6.92 Å². The number of hydrogen-bond donors (Lipinski definition) is 2. The molecule has 1 atom stereocenters. The molecule has 0 aliphatic heterocycles. The number of aryl methyl sites for hydroxylation is 1. The molecule has 0 saturated carbocycles. The van der Waals surface area contributed by atoms with Crippen LogP contribution >= 0.6 is 0 Å². The van der Waals surface area contributed by atoms with E-state index in [1.165, 1.54) is 6.26 Å². The maximum atomic E-state index is 12.4. The molecule has 1 unspecified atom stereocenters. The molecule has 1 heterocycles. The lowest BCUT2D eigenvalue weighted by Gasteiger charge is -2.13. The van der Waals surface area contributed by atoms with E-state index in [1.807, 2.05) is 13.8 Å². The van der Waals surface area contributed by atoms with Gasteiger partial charge in [0.15, 0.2) is 0 Å². The summed E-state index contributed by atoms with van der Waals surface area (Å²) in [6.07, 6.45) is 2.08. The second-order valence-corrected chi connectivity index (χ2v) is 5.60. The summed E-state index contributed by atoms with van der Waals surface area (Å²) < 4.78 is 10.9. The van der Waals surface area contributed by atoms with Crippen LogP contribution < -0.4 is 10.1 Å². The van der Waals surface area contributed by atoms with Crippen LogP contribution in [0.15, 0.2) is 34.9 Å². The predicted molar refractivity (Wildman–Crippen MR) is 89.6 cm³/mol. The second-order valence-electron chi connectivity index (χ2n) is 5.60. The van der Waals surface area contributed by atoms with Crippen LogP contribution in [-0.4, -0.2) is 23.1 Å². The summed E-state index contributed by atoms with van der Waals surface area (Å²) >= 11 is 0. The number of hydrogen-bond acceptors (Lipinski definition) is 4. The predicted octanol–water partition coefficient (Wildman–Crippen LogP) is 3.64. The highest BCUT2D eigenvalue weighted by molar-refractivity contribution is 6.06. The van der Waals surface area contributed by atoms with Gasteiger partial charge in [0.05, 0.1) is 17.9 Å². The first-order valence-electron chi connectivity index (χ1n) is 7.77. The molecule has 128 valence electrons. The first kappa shape index (κ1) is 17.6. The zero-order chi connectivity index (χ0) is 17.7. The Kier molecular flexibility index (Phi) is 5.63. The van der Waals surface area contributed by atoms with Crippen LogP contribution in [0.2, 0.25) is 0 Å². The van der Waals surface area contributed by atoms with E-state index in [0.29, 0.717) is 11.3 Å². The summed E-state index contributed by atoms with van der Waals surface area (Å²) in [5, 5.41) is 11.6. The first-order chi connectivity index (χ1) is 11.4. The fraction of sp³-hybridized carbons (Fsp3) is 0.333. The number of amides is 1. The number of carbonyl (C=O) groups excluding carboxylic acids is 1. The van der Waals surface area contributed by atoms with Crippen LogP contribution in [0.4, 0.5) is 5.69 Å². The molecule has 24 heavy (non-hydrogen) atoms. The molecule has 2 N–H and O–H groups in total. The van der Waals surface area contributed by atoms with E-state index in [9.17, 15) is 9.59 Å². The summed E-state index contributed by atoms with van der Waals surface area (Å²) in [4.78, 5) is 23.3. The lowest BCUT2D eigenvalue weighted by Crippen LogP contribution is -2.15. The van der Waals surface area contributed by atoms with Gasteiger partial charge in [0.25, 0.3) is 5.91 Å². The van der Waals surface area contributed by atoms with Crippen molar-refractivity contribution in [2.45, 2.75) is 39.7 Å². The SMILES string of the molecule is CCC(C)Oc1ccc(NC(=O)c2c(C)coc2CC(=O)O)cc1. The normalized spacial score (nSPS) is 11.8. The van der Waals surface area contributed by atoms with Crippen LogP contribution in [0.25, 0.3) is 0 Å². The van der Waals surface area contributed by atoms with Crippen molar-refractivity contribution in [3.8, 4) is 5.75 Å². The molecule has 6 nitrogen and oxygen atoms in total. The topological polar surface area (TPSA) is 88.8 Å². The molecule has 0 bridgehead atoms. The van der Waals surface area contributed by atoms with Gasteiger partial charge in [-0.3, -0.25) is 9.59 Å². The Morgan fingerprint density at radius 3 is 2.54 bits per heavy atom. The minimum atomic E-state index is -1.05. The number of ether oxygens (including phenoxy) is 1. The number of furan rings is 1. The maximum Gasteiger partial charge on any atom is 0.311 e. The van der Waals surface area contributed by atoms with Gasteiger partial charge in [-0.15, -0.1) is 0 Å². The van der Waals surface area contributed by atoms with Crippen molar-refractivity contribution in [3.05, 3.63) is 47.4 Å². The quantitative estimate of drug-likeness (QED) is 0.808. The highest BCUT2D eigenvalue weighted by atomic mass is 16.5. The van der Waals surface area contributed by atoms with E-state index < -0.39 is 11.9 Å². The van der Waals surface area contributed by atoms with Gasteiger partial charge in [0.2, 0.25) is 0 Å². The third-order valence-corrected chi connectivity index (χ3v) is 3.61. The van der Waals surface area contributed by atoms with Crippen LogP contribution in [0.1, 0.15) is 41.9 Å². The molecule has 0 aliphatic carbocycles. The van der Waals surface area contributed by atoms with Gasteiger partial charge < -0.3 is 19.6 Å². The van der Waals surface area contributed by atoms with Crippen LogP contribution in [0.3, 0.4) is 0 Å². The third-order valence-electron chi connectivity index (χ3n) is 3.61. The van der Waals surface area contributed by atoms with E-state index in [0.717, 1.165) is 12.2 Å². The van der Waals surface area contributed by atoms with Crippen molar-refractivity contribution < 1.29 is 23.8 Å².